The van der Waals surface area contributed by atoms with Crippen molar-refractivity contribution >= 4 is 11.6 Å². The smallest absolute Gasteiger partial charge is 0.146 e. The molecule has 0 amide bonds. The van der Waals surface area contributed by atoms with Crippen molar-refractivity contribution in [3.8, 4) is 0 Å². The van der Waals surface area contributed by atoms with E-state index in [1.54, 1.807) is 7.11 Å². The van der Waals surface area contributed by atoms with Crippen LogP contribution < -0.4 is 0 Å². The van der Waals surface area contributed by atoms with Gasteiger partial charge in [0.25, 0.3) is 0 Å². The number of carbonyl (C=O) groups is 2. The molecule has 0 heterocycles. The summed E-state index contributed by atoms with van der Waals surface area (Å²) in [6.07, 6.45) is 7.58. The Morgan fingerprint density at radius 1 is 1.08 bits per heavy atom. The highest BCUT2D eigenvalue weighted by atomic mass is 16.7. The molecular weight excluding hydrogens is 316 g/mol. The zero-order chi connectivity index (χ0) is 17.8. The first-order valence-electron chi connectivity index (χ1n) is 10.0. The van der Waals surface area contributed by atoms with Crippen LogP contribution in [0.15, 0.2) is 0 Å². The normalized spacial score (nSPS) is 49.5. The van der Waals surface area contributed by atoms with Crippen LogP contribution in [0.3, 0.4) is 0 Å². The molecule has 140 valence electrons. The van der Waals surface area contributed by atoms with Crippen LogP contribution in [0.25, 0.3) is 0 Å². The fourth-order valence-corrected chi connectivity index (χ4v) is 7.10. The molecule has 0 spiro atoms. The van der Waals surface area contributed by atoms with Gasteiger partial charge in [0.1, 0.15) is 18.4 Å². The van der Waals surface area contributed by atoms with Crippen molar-refractivity contribution in [1.82, 2.24) is 0 Å². The van der Waals surface area contributed by atoms with E-state index in [1.165, 1.54) is 6.42 Å². The van der Waals surface area contributed by atoms with Gasteiger partial charge >= 0.3 is 0 Å². The lowest BCUT2D eigenvalue weighted by molar-refractivity contribution is -0.167. The Morgan fingerprint density at radius 2 is 1.88 bits per heavy atom. The highest BCUT2D eigenvalue weighted by Crippen LogP contribution is 2.65. The van der Waals surface area contributed by atoms with Gasteiger partial charge in [-0.25, -0.2) is 0 Å². The molecule has 2 unspecified atom stereocenters. The van der Waals surface area contributed by atoms with Crippen molar-refractivity contribution in [2.45, 2.75) is 71.3 Å². The van der Waals surface area contributed by atoms with Crippen molar-refractivity contribution in [2.75, 3.05) is 13.9 Å². The molecule has 25 heavy (non-hydrogen) atoms. The van der Waals surface area contributed by atoms with E-state index in [0.29, 0.717) is 49.0 Å². The largest absolute Gasteiger partial charge is 0.359 e. The first-order valence-corrected chi connectivity index (χ1v) is 10.0. The number of carbonyl (C=O) groups excluding carboxylic acids is 2. The van der Waals surface area contributed by atoms with Gasteiger partial charge in [-0.3, -0.25) is 9.59 Å². The van der Waals surface area contributed by atoms with Crippen LogP contribution in [0, 0.1) is 34.5 Å². The van der Waals surface area contributed by atoms with Crippen molar-refractivity contribution in [3.05, 3.63) is 0 Å². The van der Waals surface area contributed by atoms with E-state index in [9.17, 15) is 9.59 Å². The SMILES string of the molecule is COCOC1CC[C@@]2(C)C(C1)C(=O)C[C@H]1[C@@H]3CC(=O)C[C@@]3(C)CC[C@@H]12. The average molecular weight is 348 g/mol. The molecule has 4 aliphatic carbocycles. The van der Waals surface area contributed by atoms with Gasteiger partial charge in [0, 0.05) is 32.3 Å². The van der Waals surface area contributed by atoms with Gasteiger partial charge in [-0.1, -0.05) is 13.8 Å². The molecule has 0 aliphatic heterocycles. The van der Waals surface area contributed by atoms with Crippen LogP contribution in [-0.2, 0) is 19.1 Å². The fraction of sp³-hybridized carbons (Fsp3) is 0.905. The Hall–Kier alpha value is -0.740. The molecule has 0 aromatic rings. The number of fused-ring (bicyclic) bond motifs is 5. The standard InChI is InChI=1S/C21H32O4/c1-20-6-5-16-15(17(20)8-13(22)11-20)10-19(23)18-9-14(25-12-24-3)4-7-21(16,18)2/h14-18H,4-12H2,1-3H3/t14?,15-,16+,17+,18?,20-,21-/m1/s1. The van der Waals surface area contributed by atoms with Gasteiger partial charge in [-0.2, -0.15) is 0 Å². The summed E-state index contributed by atoms with van der Waals surface area (Å²) in [5, 5.41) is 0. The third-order valence-electron chi connectivity index (χ3n) is 8.40. The third-order valence-corrected chi connectivity index (χ3v) is 8.40. The molecule has 4 aliphatic rings. The molecule has 0 saturated heterocycles. The van der Waals surface area contributed by atoms with Gasteiger partial charge in [0.15, 0.2) is 0 Å². The molecule has 0 N–H and O–H groups in total. The summed E-state index contributed by atoms with van der Waals surface area (Å²) in [5.41, 5.74) is 0.250. The Balaban J connectivity index is 1.57. The summed E-state index contributed by atoms with van der Waals surface area (Å²) in [4.78, 5) is 25.3. The molecule has 4 saturated carbocycles. The Labute approximate surface area is 151 Å². The predicted molar refractivity (Wildman–Crippen MR) is 93.9 cm³/mol. The van der Waals surface area contributed by atoms with E-state index < -0.39 is 0 Å². The van der Waals surface area contributed by atoms with Crippen LogP contribution in [0.1, 0.15) is 65.2 Å². The zero-order valence-electron chi connectivity index (χ0n) is 15.9. The maximum Gasteiger partial charge on any atom is 0.146 e. The third kappa shape index (κ3) is 2.71. The highest BCUT2D eigenvalue weighted by Gasteiger charge is 2.61. The number of Topliss-reactive ketones (excluding diaryl/α,β-unsaturated/α-hetero) is 2. The summed E-state index contributed by atoms with van der Waals surface area (Å²) in [5.74, 6) is 2.44. The molecule has 4 heteroatoms. The van der Waals surface area contributed by atoms with Crippen LogP contribution >= 0.6 is 0 Å². The van der Waals surface area contributed by atoms with E-state index >= 15 is 0 Å². The van der Waals surface area contributed by atoms with Crippen molar-refractivity contribution in [3.63, 3.8) is 0 Å². The highest BCUT2D eigenvalue weighted by molar-refractivity contribution is 5.85. The van der Waals surface area contributed by atoms with E-state index in [-0.39, 0.29) is 22.9 Å². The van der Waals surface area contributed by atoms with Gasteiger partial charge < -0.3 is 9.47 Å². The van der Waals surface area contributed by atoms with Crippen molar-refractivity contribution in [2.24, 2.45) is 34.5 Å². The lowest BCUT2D eigenvalue weighted by Gasteiger charge is -2.59. The van der Waals surface area contributed by atoms with E-state index in [4.69, 9.17) is 9.47 Å². The van der Waals surface area contributed by atoms with E-state index in [0.717, 1.165) is 32.1 Å². The Morgan fingerprint density at radius 3 is 2.64 bits per heavy atom. The number of ether oxygens (including phenoxy) is 2. The maximum atomic E-state index is 13.1. The summed E-state index contributed by atoms with van der Waals surface area (Å²) >= 11 is 0. The molecular formula is C21H32O4. The summed E-state index contributed by atoms with van der Waals surface area (Å²) < 4.78 is 10.8. The predicted octanol–water partition coefficient (Wildman–Crippen LogP) is 3.77. The monoisotopic (exact) mass is 348 g/mol. The van der Waals surface area contributed by atoms with Crippen LogP contribution in [0.5, 0.6) is 0 Å². The molecule has 0 radical (unpaired) electrons. The number of rotatable bonds is 3. The first-order chi connectivity index (χ1) is 11.9. The summed E-state index contributed by atoms with van der Waals surface area (Å²) in [6.45, 7) is 4.97. The lowest BCUT2D eigenvalue weighted by atomic mass is 9.45. The molecule has 4 nitrogen and oxygen atoms in total. The molecule has 0 aromatic heterocycles. The average Bonchev–Trinajstić information content (AvgIpc) is 2.88. The Bertz CT molecular complexity index is 572. The number of hydrogen-bond donors (Lipinski definition) is 0. The number of ketones is 2. The minimum absolute atomic E-state index is 0.0971. The molecule has 4 fully saturated rings. The summed E-state index contributed by atoms with van der Waals surface area (Å²) in [7, 11) is 1.64. The summed E-state index contributed by atoms with van der Waals surface area (Å²) in [6, 6.07) is 0. The van der Waals surface area contributed by atoms with Gasteiger partial charge in [-0.05, 0) is 60.7 Å². The topological polar surface area (TPSA) is 52.6 Å². The minimum atomic E-state index is 0.0971. The minimum Gasteiger partial charge on any atom is -0.359 e. The van der Waals surface area contributed by atoms with Crippen LogP contribution in [-0.4, -0.2) is 31.6 Å². The van der Waals surface area contributed by atoms with Crippen molar-refractivity contribution in [1.29, 1.82) is 0 Å². The number of methoxy groups -OCH3 is 1. The van der Waals surface area contributed by atoms with E-state index in [1.807, 2.05) is 0 Å². The maximum absolute atomic E-state index is 13.1. The van der Waals surface area contributed by atoms with Crippen molar-refractivity contribution < 1.29 is 19.1 Å². The second kappa shape index (κ2) is 6.16. The van der Waals surface area contributed by atoms with Crippen LogP contribution in [0.4, 0.5) is 0 Å². The fourth-order valence-electron chi connectivity index (χ4n) is 7.10. The second-order valence-electron chi connectivity index (χ2n) is 9.69. The molecule has 0 bridgehead atoms. The van der Waals surface area contributed by atoms with Gasteiger partial charge in [0.05, 0.1) is 6.10 Å². The van der Waals surface area contributed by atoms with Gasteiger partial charge in [-0.15, -0.1) is 0 Å². The second-order valence-corrected chi connectivity index (χ2v) is 9.69. The quantitative estimate of drug-likeness (QED) is 0.729. The molecule has 0 aromatic carbocycles. The van der Waals surface area contributed by atoms with Gasteiger partial charge in [0.2, 0.25) is 0 Å². The van der Waals surface area contributed by atoms with Crippen LogP contribution in [0.2, 0.25) is 0 Å². The molecule has 7 atom stereocenters. The zero-order valence-corrected chi connectivity index (χ0v) is 15.9. The Kier molecular flexibility index (Phi) is 4.35. The lowest BCUT2D eigenvalue weighted by Crippen LogP contribution is -2.56. The number of hydrogen-bond acceptors (Lipinski definition) is 4. The first kappa shape index (κ1) is 17.7. The molecule has 4 rings (SSSR count). The van der Waals surface area contributed by atoms with E-state index in [2.05, 4.69) is 13.8 Å².